The second-order valence-corrected chi connectivity index (χ2v) is 4.72. The van der Waals surface area contributed by atoms with Gasteiger partial charge in [0.25, 0.3) is 5.91 Å². The Morgan fingerprint density at radius 3 is 2.61 bits per heavy atom. The number of amides is 1. The molecule has 1 aromatic carbocycles. The molecular formula is C15H23NO2. The maximum atomic E-state index is 11.9. The van der Waals surface area contributed by atoms with Crippen LogP contribution in [0.5, 0.6) is 5.75 Å². The molecule has 1 amide bonds. The predicted octanol–water partition coefficient (Wildman–Crippen LogP) is 3.07. The Morgan fingerprint density at radius 2 is 2.00 bits per heavy atom. The number of benzene rings is 1. The minimum absolute atomic E-state index is 0.0563. The van der Waals surface area contributed by atoms with Gasteiger partial charge < -0.3 is 10.1 Å². The molecular weight excluding hydrogens is 226 g/mol. The number of carbonyl (C=O) groups is 1. The van der Waals surface area contributed by atoms with Crippen molar-refractivity contribution < 1.29 is 9.53 Å². The largest absolute Gasteiger partial charge is 0.481 e. The van der Waals surface area contributed by atoms with E-state index in [1.165, 1.54) is 0 Å². The molecule has 1 N–H and O–H groups in total. The molecule has 0 aliphatic heterocycles. The highest BCUT2D eigenvalue weighted by molar-refractivity contribution is 5.81. The molecule has 0 saturated heterocycles. The first-order chi connectivity index (χ1) is 8.54. The molecule has 0 bridgehead atoms. The van der Waals surface area contributed by atoms with Crippen LogP contribution in [0.1, 0.15) is 39.2 Å². The Morgan fingerprint density at radius 1 is 1.33 bits per heavy atom. The van der Waals surface area contributed by atoms with E-state index in [-0.39, 0.29) is 11.9 Å². The summed E-state index contributed by atoms with van der Waals surface area (Å²) in [6, 6.07) is 7.92. The van der Waals surface area contributed by atoms with Gasteiger partial charge in [-0.25, -0.2) is 0 Å². The molecule has 0 spiro atoms. The van der Waals surface area contributed by atoms with E-state index < -0.39 is 6.10 Å². The molecule has 0 aliphatic rings. The van der Waals surface area contributed by atoms with Crippen molar-refractivity contribution in [2.75, 3.05) is 0 Å². The minimum atomic E-state index is -0.467. The van der Waals surface area contributed by atoms with Gasteiger partial charge in [0, 0.05) is 6.04 Å². The highest BCUT2D eigenvalue weighted by Gasteiger charge is 2.16. The Balaban J connectivity index is 2.52. The molecule has 0 fully saturated rings. The molecule has 3 nitrogen and oxygen atoms in total. The van der Waals surface area contributed by atoms with Gasteiger partial charge in [0.15, 0.2) is 6.10 Å². The van der Waals surface area contributed by atoms with Crippen molar-refractivity contribution in [3.05, 3.63) is 29.8 Å². The van der Waals surface area contributed by atoms with Gasteiger partial charge in [-0.2, -0.15) is 0 Å². The second-order valence-electron chi connectivity index (χ2n) is 4.72. The van der Waals surface area contributed by atoms with Crippen LogP contribution >= 0.6 is 0 Å². The molecule has 0 saturated carbocycles. The van der Waals surface area contributed by atoms with Crippen molar-refractivity contribution in [3.63, 3.8) is 0 Å². The van der Waals surface area contributed by atoms with Crippen LogP contribution in [0.15, 0.2) is 24.3 Å². The summed E-state index contributed by atoms with van der Waals surface area (Å²) in [7, 11) is 0. The van der Waals surface area contributed by atoms with Crippen LogP contribution < -0.4 is 10.1 Å². The third kappa shape index (κ3) is 4.40. The smallest absolute Gasteiger partial charge is 0.260 e. The number of ether oxygens (including phenoxy) is 1. The van der Waals surface area contributed by atoms with Crippen LogP contribution in [-0.2, 0) is 4.79 Å². The summed E-state index contributed by atoms with van der Waals surface area (Å²) in [6.45, 7) is 7.87. The number of carbonyl (C=O) groups excluding carboxylic acids is 1. The first-order valence-corrected chi connectivity index (χ1v) is 6.57. The average molecular weight is 249 g/mol. The number of rotatable bonds is 6. The molecule has 0 heterocycles. The normalized spacial score (nSPS) is 13.8. The summed E-state index contributed by atoms with van der Waals surface area (Å²) >= 11 is 0. The first kappa shape index (κ1) is 14.6. The van der Waals surface area contributed by atoms with Gasteiger partial charge >= 0.3 is 0 Å². The number of hydrogen-bond acceptors (Lipinski definition) is 2. The molecule has 0 unspecified atom stereocenters. The summed E-state index contributed by atoms with van der Waals surface area (Å²) in [4.78, 5) is 11.9. The fraction of sp³-hybridized carbons (Fsp3) is 0.533. The minimum Gasteiger partial charge on any atom is -0.481 e. The summed E-state index contributed by atoms with van der Waals surface area (Å²) in [5.74, 6) is 0.711. The van der Waals surface area contributed by atoms with E-state index in [2.05, 4.69) is 12.2 Å². The van der Waals surface area contributed by atoms with Crippen LogP contribution in [0.25, 0.3) is 0 Å². The Bertz CT molecular complexity index is 390. The lowest BCUT2D eigenvalue weighted by molar-refractivity contribution is -0.127. The highest BCUT2D eigenvalue weighted by atomic mass is 16.5. The molecule has 100 valence electrons. The zero-order valence-corrected chi connectivity index (χ0v) is 11.7. The Labute approximate surface area is 110 Å². The topological polar surface area (TPSA) is 38.3 Å². The maximum Gasteiger partial charge on any atom is 0.260 e. The molecule has 3 heteroatoms. The van der Waals surface area contributed by atoms with Crippen LogP contribution in [0, 0.1) is 6.92 Å². The van der Waals surface area contributed by atoms with Crippen LogP contribution in [0.2, 0.25) is 0 Å². The molecule has 2 atom stereocenters. The van der Waals surface area contributed by atoms with E-state index in [0.717, 1.165) is 24.2 Å². The van der Waals surface area contributed by atoms with Gasteiger partial charge in [-0.15, -0.1) is 0 Å². The first-order valence-electron chi connectivity index (χ1n) is 6.57. The molecule has 0 aliphatic carbocycles. The van der Waals surface area contributed by atoms with Gasteiger partial charge in [-0.05, 0) is 38.8 Å². The predicted molar refractivity (Wildman–Crippen MR) is 73.8 cm³/mol. The Hall–Kier alpha value is -1.51. The number of hydrogen-bond donors (Lipinski definition) is 1. The second kappa shape index (κ2) is 7.04. The zero-order chi connectivity index (χ0) is 13.5. The average Bonchev–Trinajstić information content (AvgIpc) is 2.32. The lowest BCUT2D eigenvalue weighted by Gasteiger charge is -2.19. The number of aryl methyl sites for hydroxylation is 1. The van der Waals surface area contributed by atoms with E-state index in [1.807, 2.05) is 38.1 Å². The van der Waals surface area contributed by atoms with Crippen molar-refractivity contribution in [3.8, 4) is 5.75 Å². The molecule has 0 aromatic heterocycles. The fourth-order valence-corrected chi connectivity index (χ4v) is 1.80. The number of nitrogens with one attached hydrogen (secondary N) is 1. The number of para-hydroxylation sites is 1. The van der Waals surface area contributed by atoms with E-state index >= 15 is 0 Å². The molecule has 18 heavy (non-hydrogen) atoms. The molecule has 1 aromatic rings. The quantitative estimate of drug-likeness (QED) is 0.841. The van der Waals surface area contributed by atoms with E-state index in [4.69, 9.17) is 4.74 Å². The lowest BCUT2D eigenvalue weighted by Crippen LogP contribution is -2.41. The molecule has 1 rings (SSSR count). The van der Waals surface area contributed by atoms with Gasteiger partial charge in [0.1, 0.15) is 5.75 Å². The standard InChI is InChI=1S/C15H23NO2/c1-5-8-12(3)16-15(17)13(4)18-14-10-7-6-9-11(14)2/h6-7,9-10,12-13H,5,8H2,1-4H3,(H,16,17)/t12-,13-/m0/s1. The SMILES string of the molecule is CCC[C@H](C)NC(=O)[C@H](C)Oc1ccccc1C. The van der Waals surface area contributed by atoms with Gasteiger partial charge in [0.05, 0.1) is 0 Å². The highest BCUT2D eigenvalue weighted by Crippen LogP contribution is 2.17. The van der Waals surface area contributed by atoms with E-state index in [1.54, 1.807) is 6.92 Å². The van der Waals surface area contributed by atoms with Crippen molar-refractivity contribution in [2.45, 2.75) is 52.7 Å². The third-order valence-electron chi connectivity index (χ3n) is 2.88. The maximum absolute atomic E-state index is 11.9. The van der Waals surface area contributed by atoms with E-state index in [0.29, 0.717) is 0 Å². The van der Waals surface area contributed by atoms with Crippen molar-refractivity contribution >= 4 is 5.91 Å². The van der Waals surface area contributed by atoms with Gasteiger partial charge in [0.2, 0.25) is 0 Å². The monoisotopic (exact) mass is 249 g/mol. The van der Waals surface area contributed by atoms with Gasteiger partial charge in [-0.3, -0.25) is 4.79 Å². The Kier molecular flexibility index (Phi) is 5.69. The lowest BCUT2D eigenvalue weighted by atomic mass is 10.2. The van der Waals surface area contributed by atoms with Crippen molar-refractivity contribution in [2.24, 2.45) is 0 Å². The summed E-state index contributed by atoms with van der Waals surface area (Å²) in [5.41, 5.74) is 1.04. The zero-order valence-electron chi connectivity index (χ0n) is 11.7. The summed E-state index contributed by atoms with van der Waals surface area (Å²) in [6.07, 6.45) is 1.59. The van der Waals surface area contributed by atoms with Gasteiger partial charge in [-0.1, -0.05) is 31.5 Å². The van der Waals surface area contributed by atoms with Crippen LogP contribution in [0.3, 0.4) is 0 Å². The van der Waals surface area contributed by atoms with Crippen molar-refractivity contribution in [1.29, 1.82) is 0 Å². The summed E-state index contributed by atoms with van der Waals surface area (Å²) < 4.78 is 5.67. The van der Waals surface area contributed by atoms with Crippen LogP contribution in [-0.4, -0.2) is 18.1 Å². The summed E-state index contributed by atoms with van der Waals surface area (Å²) in [5, 5.41) is 2.96. The van der Waals surface area contributed by atoms with Crippen LogP contribution in [0.4, 0.5) is 0 Å². The fourth-order valence-electron chi connectivity index (χ4n) is 1.80. The van der Waals surface area contributed by atoms with E-state index in [9.17, 15) is 4.79 Å². The third-order valence-corrected chi connectivity index (χ3v) is 2.88. The molecule has 0 radical (unpaired) electrons. The van der Waals surface area contributed by atoms with Crippen molar-refractivity contribution in [1.82, 2.24) is 5.32 Å².